The second-order valence-corrected chi connectivity index (χ2v) is 13.5. The van der Waals surface area contributed by atoms with Gasteiger partial charge >= 0.3 is 5.97 Å². The summed E-state index contributed by atoms with van der Waals surface area (Å²) in [6, 6.07) is 5.98. The standard InChI is InChI=1S/C31H42N2O9/c1-6-33(38)25-19-14-22-29(33,42-27(35)17-9-7-8-10-20(17)32-16(2)34)12-11-24(40-4)30(22,25)23-13-18-21(39-3)15-28(19,36)31(23,37)26(18)41-5/h7-10,18-19,21-26,36-37H,6,11-15H2,1-5H3,(H,32,34)/t18-,19+,21+,22?,23?,24+,25-,26+,28+,29?,30+,31+,33?/m1/s1. The number of benzene rings is 1. The summed E-state index contributed by atoms with van der Waals surface area (Å²) in [5.41, 5.74) is -5.01. The number of ether oxygens (including phenoxy) is 4. The fourth-order valence-electron chi connectivity index (χ4n) is 11.8. The average molecular weight is 587 g/mol. The Morgan fingerprint density at radius 2 is 1.83 bits per heavy atom. The van der Waals surface area contributed by atoms with E-state index >= 15 is 5.21 Å². The SMILES string of the molecule is CC[N+]1([O-])[C@@H]2[C@@H]3CC4C1(OC(=O)c1ccccc1NC(C)=O)CC[C@H](OC)[C@@]42C1C[C@@H]2[C@@H](OC)C[C@@]3(O)[C@@]1(O)[C@H]2OC. The van der Waals surface area contributed by atoms with Crippen LogP contribution in [0.25, 0.3) is 0 Å². The Balaban J connectivity index is 1.40. The van der Waals surface area contributed by atoms with Crippen LogP contribution in [-0.2, 0) is 23.7 Å². The Hall–Kier alpha value is -2.12. The number of methoxy groups -OCH3 is 3. The van der Waals surface area contributed by atoms with Crippen molar-refractivity contribution >= 4 is 17.6 Å². The van der Waals surface area contributed by atoms with Crippen molar-refractivity contribution in [3.63, 3.8) is 0 Å². The summed E-state index contributed by atoms with van der Waals surface area (Å²) < 4.78 is 23.8. The van der Waals surface area contributed by atoms with Crippen molar-refractivity contribution in [2.75, 3.05) is 33.2 Å². The molecule has 5 saturated carbocycles. The molecule has 7 rings (SSSR count). The van der Waals surface area contributed by atoms with Crippen LogP contribution in [0.1, 0.15) is 56.3 Å². The van der Waals surface area contributed by atoms with Gasteiger partial charge in [0.15, 0.2) is 0 Å². The van der Waals surface area contributed by atoms with E-state index in [9.17, 15) is 19.8 Å². The van der Waals surface area contributed by atoms with Gasteiger partial charge in [-0.15, -0.1) is 0 Å². The molecule has 0 aromatic heterocycles. The number of aliphatic hydroxyl groups is 2. The van der Waals surface area contributed by atoms with Gasteiger partial charge in [0.05, 0.1) is 47.4 Å². The molecule has 6 aliphatic rings. The summed E-state index contributed by atoms with van der Waals surface area (Å²) in [4.78, 5) is 25.9. The second-order valence-electron chi connectivity index (χ2n) is 13.5. The predicted molar refractivity (Wildman–Crippen MR) is 149 cm³/mol. The van der Waals surface area contributed by atoms with Gasteiger partial charge in [-0.2, -0.15) is 0 Å². The zero-order valence-electron chi connectivity index (χ0n) is 24.9. The van der Waals surface area contributed by atoms with Crippen molar-refractivity contribution < 1.29 is 43.4 Å². The van der Waals surface area contributed by atoms with Gasteiger partial charge in [-0.25, -0.2) is 4.79 Å². The van der Waals surface area contributed by atoms with E-state index in [1.807, 2.05) is 6.92 Å². The molecule has 11 nitrogen and oxygen atoms in total. The highest BCUT2D eigenvalue weighted by atomic mass is 16.7. The Morgan fingerprint density at radius 3 is 2.48 bits per heavy atom. The molecule has 1 heterocycles. The van der Waals surface area contributed by atoms with E-state index in [1.165, 1.54) is 6.92 Å². The maximum atomic E-state index is 15.6. The maximum absolute atomic E-state index is 15.6. The lowest BCUT2D eigenvalue weighted by Crippen LogP contribution is -2.80. The number of amides is 1. The lowest BCUT2D eigenvalue weighted by molar-refractivity contribution is -0.975. The molecule has 5 aliphatic carbocycles. The van der Waals surface area contributed by atoms with Crippen molar-refractivity contribution in [2.24, 2.45) is 29.1 Å². The molecule has 1 aromatic carbocycles. The molecule has 0 radical (unpaired) electrons. The van der Waals surface area contributed by atoms with Crippen molar-refractivity contribution in [1.82, 2.24) is 0 Å². The minimum atomic E-state index is -1.62. The molecule has 1 aliphatic heterocycles. The first-order valence-electron chi connectivity index (χ1n) is 15.2. The Labute approximate surface area is 245 Å². The highest BCUT2D eigenvalue weighted by Crippen LogP contribution is 2.83. The van der Waals surface area contributed by atoms with E-state index in [0.717, 1.165) is 0 Å². The first kappa shape index (κ1) is 28.6. The van der Waals surface area contributed by atoms with Gasteiger partial charge in [0.2, 0.25) is 5.91 Å². The fraction of sp³-hybridized carbons (Fsp3) is 0.742. The number of carbonyl (C=O) groups is 2. The molecule has 1 amide bonds. The van der Waals surface area contributed by atoms with Crippen LogP contribution in [0.2, 0.25) is 0 Å². The molecule has 7 bridgehead atoms. The normalized spacial score (nSPS) is 51.0. The molecule has 1 spiro atoms. The molecule has 6 fully saturated rings. The van der Waals surface area contributed by atoms with Gasteiger partial charge in [0, 0.05) is 58.8 Å². The van der Waals surface area contributed by atoms with Gasteiger partial charge in [-0.1, -0.05) is 12.1 Å². The largest absolute Gasteiger partial charge is 0.630 e. The third-order valence-corrected chi connectivity index (χ3v) is 12.7. The van der Waals surface area contributed by atoms with Crippen LogP contribution in [0.4, 0.5) is 5.69 Å². The van der Waals surface area contributed by atoms with E-state index in [1.54, 1.807) is 45.6 Å². The number of nitrogens with zero attached hydrogens (tertiary/aromatic N) is 1. The Morgan fingerprint density at radius 1 is 1.10 bits per heavy atom. The number of esters is 1. The zero-order chi connectivity index (χ0) is 30.0. The van der Waals surface area contributed by atoms with E-state index in [2.05, 4.69) is 5.32 Å². The zero-order valence-corrected chi connectivity index (χ0v) is 24.9. The molecular weight excluding hydrogens is 544 g/mol. The third kappa shape index (κ3) is 2.87. The predicted octanol–water partition coefficient (Wildman–Crippen LogP) is 2.19. The van der Waals surface area contributed by atoms with Gasteiger partial charge in [-0.3, -0.25) is 4.79 Å². The molecule has 1 aromatic rings. The molecule has 42 heavy (non-hydrogen) atoms. The smallest absolute Gasteiger partial charge is 0.344 e. The molecule has 4 unspecified atom stereocenters. The molecule has 13 atom stereocenters. The first-order chi connectivity index (χ1) is 20.0. The second kappa shape index (κ2) is 8.97. The van der Waals surface area contributed by atoms with E-state index in [-0.39, 0.29) is 42.6 Å². The number of quaternary nitrogens is 1. The van der Waals surface area contributed by atoms with Crippen LogP contribution in [0.3, 0.4) is 0 Å². The minimum absolute atomic E-state index is 0.128. The summed E-state index contributed by atoms with van der Waals surface area (Å²) >= 11 is 0. The number of para-hydroxylation sites is 1. The number of hydroxylamine groups is 3. The van der Waals surface area contributed by atoms with Crippen LogP contribution < -0.4 is 5.32 Å². The van der Waals surface area contributed by atoms with Crippen molar-refractivity contribution in [1.29, 1.82) is 0 Å². The van der Waals surface area contributed by atoms with Crippen molar-refractivity contribution in [2.45, 2.75) is 87.2 Å². The molecular formula is C31H42N2O9. The van der Waals surface area contributed by atoms with Gasteiger partial charge < -0.3 is 44.3 Å². The Bertz CT molecular complexity index is 1330. The summed E-state index contributed by atoms with van der Waals surface area (Å²) in [5.74, 6) is -2.70. The van der Waals surface area contributed by atoms with Crippen LogP contribution in [0.5, 0.6) is 0 Å². The number of nitrogens with one attached hydrogen (secondary N) is 1. The lowest BCUT2D eigenvalue weighted by atomic mass is 9.48. The maximum Gasteiger partial charge on any atom is 0.344 e. The topological polar surface area (TPSA) is 147 Å². The number of rotatable bonds is 7. The van der Waals surface area contributed by atoms with Crippen LogP contribution >= 0.6 is 0 Å². The number of fused-ring (bicyclic) bond motifs is 2. The van der Waals surface area contributed by atoms with Gasteiger partial charge in [0.25, 0.3) is 5.72 Å². The highest BCUT2D eigenvalue weighted by Gasteiger charge is 2.95. The number of carbonyl (C=O) groups excluding carboxylic acids is 2. The molecule has 230 valence electrons. The monoisotopic (exact) mass is 586 g/mol. The van der Waals surface area contributed by atoms with Gasteiger partial charge in [0.1, 0.15) is 17.2 Å². The van der Waals surface area contributed by atoms with Crippen LogP contribution in [-0.4, -0.2) is 95.9 Å². The summed E-state index contributed by atoms with van der Waals surface area (Å²) in [7, 11) is 4.84. The molecule has 11 heteroatoms. The Kier molecular flexibility index (Phi) is 6.11. The number of anilines is 1. The van der Waals surface area contributed by atoms with E-state index in [4.69, 9.17) is 18.9 Å². The quantitative estimate of drug-likeness (QED) is 0.249. The lowest BCUT2D eigenvalue weighted by Gasteiger charge is -2.65. The van der Waals surface area contributed by atoms with Crippen molar-refractivity contribution in [3.8, 4) is 0 Å². The molecule has 3 N–H and O–H groups in total. The van der Waals surface area contributed by atoms with Crippen LogP contribution in [0, 0.1) is 34.3 Å². The molecule has 1 saturated heterocycles. The van der Waals surface area contributed by atoms with E-state index in [0.29, 0.717) is 31.4 Å². The van der Waals surface area contributed by atoms with Crippen LogP contribution in [0.15, 0.2) is 24.3 Å². The first-order valence-corrected chi connectivity index (χ1v) is 15.2. The van der Waals surface area contributed by atoms with Gasteiger partial charge in [-0.05, 0) is 38.3 Å². The number of likely N-dealkylation sites (tertiary alicyclic amines) is 1. The fourth-order valence-corrected chi connectivity index (χ4v) is 11.8. The number of hydrogen-bond acceptors (Lipinski definition) is 9. The third-order valence-electron chi connectivity index (χ3n) is 12.7. The summed E-state index contributed by atoms with van der Waals surface area (Å²) in [6.07, 6.45) is 0.547. The van der Waals surface area contributed by atoms with E-state index < -0.39 is 62.9 Å². The van der Waals surface area contributed by atoms with Crippen molar-refractivity contribution in [3.05, 3.63) is 35.0 Å². The number of hydrogen-bond donors (Lipinski definition) is 3. The summed E-state index contributed by atoms with van der Waals surface area (Å²) in [5, 5.41) is 43.7. The number of piperidine rings is 1. The highest BCUT2D eigenvalue weighted by molar-refractivity contribution is 6.00. The average Bonchev–Trinajstić information content (AvgIpc) is 3.49. The summed E-state index contributed by atoms with van der Waals surface area (Å²) in [6.45, 7) is 3.31. The minimum Gasteiger partial charge on any atom is -0.630 e.